The van der Waals surface area contributed by atoms with E-state index in [-0.39, 0.29) is 29.2 Å². The van der Waals surface area contributed by atoms with Crippen molar-refractivity contribution in [2.45, 2.75) is 78.7 Å². The Morgan fingerprint density at radius 1 is 1.28 bits per heavy atom. The Balaban J connectivity index is 2.58. The third-order valence-electron chi connectivity index (χ3n) is 6.21. The summed E-state index contributed by atoms with van der Waals surface area (Å²) in [5, 5.41) is 22.3. The quantitative estimate of drug-likeness (QED) is 0.427. The number of hydrogen-bond acceptors (Lipinski definition) is 3. The van der Waals surface area contributed by atoms with Crippen molar-refractivity contribution in [2.24, 2.45) is 5.92 Å². The summed E-state index contributed by atoms with van der Waals surface area (Å²) in [7, 11) is 1.74. The van der Waals surface area contributed by atoms with Gasteiger partial charge < -0.3 is 15.1 Å². The van der Waals surface area contributed by atoms with Crippen LogP contribution in [0.5, 0.6) is 11.5 Å². The van der Waals surface area contributed by atoms with E-state index in [0.29, 0.717) is 12.1 Å². The lowest BCUT2D eigenvalue weighted by molar-refractivity contribution is -0.128. The Labute approximate surface area is 175 Å². The Bertz CT molecular complexity index is 794. The first kappa shape index (κ1) is 23.1. The van der Waals surface area contributed by atoms with Crippen LogP contribution in [-0.4, -0.2) is 28.1 Å². The number of carbonyl (C=O) groups excluding carboxylic acids is 1. The van der Waals surface area contributed by atoms with Gasteiger partial charge in [-0.05, 0) is 57.1 Å². The van der Waals surface area contributed by atoms with Crippen molar-refractivity contribution in [3.63, 3.8) is 0 Å². The number of carbonyl (C=O) groups is 1. The van der Waals surface area contributed by atoms with Gasteiger partial charge in [0.25, 0.3) is 0 Å². The first-order chi connectivity index (χ1) is 13.7. The van der Waals surface area contributed by atoms with Crippen LogP contribution >= 0.6 is 0 Å². The fourth-order valence-electron chi connectivity index (χ4n) is 4.31. The number of hydrogen-bond donors (Lipinski definition) is 2. The molecular formula is C25H37NO3. The van der Waals surface area contributed by atoms with Crippen molar-refractivity contribution in [1.82, 2.24) is 4.90 Å². The van der Waals surface area contributed by atoms with Crippen LogP contribution in [0.15, 0.2) is 29.9 Å². The number of aromatic hydroxyl groups is 2. The van der Waals surface area contributed by atoms with Gasteiger partial charge in [-0.1, -0.05) is 43.6 Å². The van der Waals surface area contributed by atoms with Gasteiger partial charge in [-0.3, -0.25) is 4.79 Å². The summed E-state index contributed by atoms with van der Waals surface area (Å²) in [5.41, 5.74) is 4.58. The molecule has 1 aliphatic carbocycles. The van der Waals surface area contributed by atoms with E-state index < -0.39 is 0 Å². The Morgan fingerprint density at radius 2 is 1.97 bits per heavy atom. The highest BCUT2D eigenvalue weighted by atomic mass is 16.3. The molecule has 0 radical (unpaired) electrons. The molecule has 0 bridgehead atoms. The molecule has 4 nitrogen and oxygen atoms in total. The highest BCUT2D eigenvalue weighted by Gasteiger charge is 2.32. The largest absolute Gasteiger partial charge is 0.507 e. The molecule has 4 heteroatoms. The van der Waals surface area contributed by atoms with Crippen molar-refractivity contribution in [2.75, 3.05) is 7.05 Å². The minimum absolute atomic E-state index is 0.0493. The topological polar surface area (TPSA) is 60.8 Å². The highest BCUT2D eigenvalue weighted by molar-refractivity contribution is 5.73. The second-order valence-corrected chi connectivity index (χ2v) is 8.66. The summed E-state index contributed by atoms with van der Waals surface area (Å²) in [6, 6.07) is 1.81. The standard InChI is InChI=1S/C25H37NO3/c1-7-8-9-10-19-14-23(28)24(25(29)22(19)15-26(6)18(5)27)21-13-17(4)11-12-20(21)16(2)3/h13-14,20-21,28-29H,2,7-12,15H2,1,3-6H3. The summed E-state index contributed by atoms with van der Waals surface area (Å²) >= 11 is 0. The zero-order chi connectivity index (χ0) is 21.7. The van der Waals surface area contributed by atoms with Gasteiger partial charge in [-0.25, -0.2) is 0 Å². The van der Waals surface area contributed by atoms with Crippen LogP contribution < -0.4 is 0 Å². The highest BCUT2D eigenvalue weighted by Crippen LogP contribution is 2.48. The van der Waals surface area contributed by atoms with Gasteiger partial charge in [0.2, 0.25) is 5.91 Å². The molecule has 2 rings (SSSR count). The molecule has 2 unspecified atom stereocenters. The average Bonchev–Trinajstić information content (AvgIpc) is 2.64. The predicted octanol–water partition coefficient (Wildman–Crippen LogP) is 5.82. The van der Waals surface area contributed by atoms with E-state index in [9.17, 15) is 15.0 Å². The van der Waals surface area contributed by atoms with E-state index in [4.69, 9.17) is 0 Å². The van der Waals surface area contributed by atoms with Crippen molar-refractivity contribution < 1.29 is 15.0 Å². The summed E-state index contributed by atoms with van der Waals surface area (Å²) in [5.74, 6) is 0.302. The van der Waals surface area contributed by atoms with E-state index in [1.807, 2.05) is 6.92 Å². The summed E-state index contributed by atoms with van der Waals surface area (Å²) in [4.78, 5) is 13.5. The maximum atomic E-state index is 11.8. The van der Waals surface area contributed by atoms with Crippen LogP contribution in [0.25, 0.3) is 0 Å². The van der Waals surface area contributed by atoms with Gasteiger partial charge in [0, 0.05) is 37.6 Å². The van der Waals surface area contributed by atoms with Gasteiger partial charge in [-0.2, -0.15) is 0 Å². The molecule has 0 aromatic heterocycles. The number of unbranched alkanes of at least 4 members (excludes halogenated alkanes) is 2. The maximum Gasteiger partial charge on any atom is 0.219 e. The average molecular weight is 400 g/mol. The van der Waals surface area contributed by atoms with Crippen LogP contribution in [0.1, 0.15) is 82.4 Å². The molecule has 0 heterocycles. The smallest absolute Gasteiger partial charge is 0.219 e. The lowest BCUT2D eigenvalue weighted by Gasteiger charge is -2.32. The molecule has 160 valence electrons. The number of phenolic OH excluding ortho intramolecular Hbond substituents is 2. The minimum atomic E-state index is -0.104. The van der Waals surface area contributed by atoms with E-state index in [2.05, 4.69) is 26.5 Å². The Kier molecular flexibility index (Phi) is 7.95. The lowest BCUT2D eigenvalue weighted by atomic mass is 9.73. The van der Waals surface area contributed by atoms with Crippen LogP contribution in [-0.2, 0) is 17.8 Å². The molecule has 0 spiro atoms. The first-order valence-corrected chi connectivity index (χ1v) is 10.8. The molecule has 2 N–H and O–H groups in total. The summed E-state index contributed by atoms with van der Waals surface area (Å²) < 4.78 is 0. The van der Waals surface area contributed by atoms with Crippen LogP contribution in [0.2, 0.25) is 0 Å². The molecule has 1 aromatic rings. The van der Waals surface area contributed by atoms with E-state index >= 15 is 0 Å². The van der Waals surface area contributed by atoms with Crippen molar-refractivity contribution >= 4 is 5.91 Å². The number of allylic oxidation sites excluding steroid dienone is 3. The third-order valence-corrected chi connectivity index (χ3v) is 6.21. The van der Waals surface area contributed by atoms with Gasteiger partial charge in [-0.15, -0.1) is 0 Å². The predicted molar refractivity (Wildman–Crippen MR) is 119 cm³/mol. The molecule has 2 atom stereocenters. The zero-order valence-electron chi connectivity index (χ0n) is 18.7. The number of phenols is 2. The number of benzene rings is 1. The van der Waals surface area contributed by atoms with Crippen molar-refractivity contribution in [3.05, 3.63) is 46.6 Å². The summed E-state index contributed by atoms with van der Waals surface area (Å²) in [6.45, 7) is 12.3. The fourth-order valence-corrected chi connectivity index (χ4v) is 4.31. The normalized spacial score (nSPS) is 19.0. The molecule has 29 heavy (non-hydrogen) atoms. The number of nitrogens with zero attached hydrogens (tertiary/aromatic N) is 1. The molecule has 1 amide bonds. The molecule has 0 saturated carbocycles. The molecule has 1 aromatic carbocycles. The van der Waals surface area contributed by atoms with Gasteiger partial charge in [0.15, 0.2) is 0 Å². The molecular weight excluding hydrogens is 362 g/mol. The first-order valence-electron chi connectivity index (χ1n) is 10.8. The van der Waals surface area contributed by atoms with E-state index in [1.54, 1.807) is 18.0 Å². The van der Waals surface area contributed by atoms with E-state index in [1.165, 1.54) is 12.5 Å². The van der Waals surface area contributed by atoms with Crippen molar-refractivity contribution in [3.8, 4) is 11.5 Å². The SMILES string of the molecule is C=C(C)C1CCC(C)=CC1c1c(O)cc(CCCCC)c(CN(C)C(C)=O)c1O. The number of amides is 1. The third kappa shape index (κ3) is 5.43. The zero-order valence-corrected chi connectivity index (χ0v) is 18.7. The number of rotatable bonds is 8. The van der Waals surface area contributed by atoms with Crippen molar-refractivity contribution in [1.29, 1.82) is 0 Å². The molecule has 0 aliphatic heterocycles. The fraction of sp³-hybridized carbons (Fsp3) is 0.560. The number of aryl methyl sites for hydroxylation is 1. The maximum absolute atomic E-state index is 11.8. The molecule has 0 saturated heterocycles. The van der Waals surface area contributed by atoms with Gasteiger partial charge >= 0.3 is 0 Å². The Hall–Kier alpha value is -2.23. The second kappa shape index (κ2) is 10.00. The van der Waals surface area contributed by atoms with Gasteiger partial charge in [0.1, 0.15) is 11.5 Å². The minimum Gasteiger partial charge on any atom is -0.507 e. The lowest BCUT2D eigenvalue weighted by Crippen LogP contribution is -2.24. The monoisotopic (exact) mass is 399 g/mol. The Morgan fingerprint density at radius 3 is 2.55 bits per heavy atom. The molecule has 0 fully saturated rings. The van der Waals surface area contributed by atoms with Crippen LogP contribution in [0, 0.1) is 5.92 Å². The van der Waals surface area contributed by atoms with E-state index in [0.717, 1.165) is 55.2 Å². The second-order valence-electron chi connectivity index (χ2n) is 8.66. The summed E-state index contributed by atoms with van der Waals surface area (Å²) in [6.07, 6.45) is 8.08. The van der Waals surface area contributed by atoms with Crippen LogP contribution in [0.4, 0.5) is 0 Å². The van der Waals surface area contributed by atoms with Crippen LogP contribution in [0.3, 0.4) is 0 Å². The molecule has 1 aliphatic rings. The van der Waals surface area contributed by atoms with Gasteiger partial charge in [0.05, 0.1) is 0 Å².